The molecule has 0 unspecified atom stereocenters. The van der Waals surface area contributed by atoms with Crippen molar-refractivity contribution in [3.8, 4) is 17.1 Å². The van der Waals surface area contributed by atoms with Gasteiger partial charge in [-0.15, -0.1) is 0 Å². The molecule has 0 aliphatic carbocycles. The summed E-state index contributed by atoms with van der Waals surface area (Å²) in [6.45, 7) is 6.10. The Morgan fingerprint density at radius 3 is 2.47 bits per heavy atom. The van der Waals surface area contributed by atoms with Crippen LogP contribution >= 0.6 is 0 Å². The average Bonchev–Trinajstić information content (AvgIpc) is 2.69. The Kier molecular flexibility index (Phi) is 2.79. The summed E-state index contributed by atoms with van der Waals surface area (Å²) in [5.74, 6) is 1.46. The molecule has 0 saturated heterocycles. The summed E-state index contributed by atoms with van der Waals surface area (Å²) in [7, 11) is 1.66. The van der Waals surface area contributed by atoms with Crippen LogP contribution in [0.15, 0.2) is 16.7 Å². The number of anilines is 1. The number of ether oxygens (including phenoxy) is 1. The van der Waals surface area contributed by atoms with E-state index in [9.17, 15) is 0 Å². The highest BCUT2D eigenvalue weighted by atomic mass is 16.5. The number of benzene rings is 1. The summed E-state index contributed by atoms with van der Waals surface area (Å²) in [4.78, 5) is 3.92. The fourth-order valence-corrected chi connectivity index (χ4v) is 2.02. The second kappa shape index (κ2) is 4.13. The van der Waals surface area contributed by atoms with Gasteiger partial charge in [-0.3, -0.25) is 0 Å². The predicted octanol–water partition coefficient (Wildman–Crippen LogP) is 2.86. The summed E-state index contributed by atoms with van der Waals surface area (Å²) in [5.41, 5.74) is 9.80. The molecule has 0 aliphatic heterocycles. The van der Waals surface area contributed by atoms with E-state index in [1.54, 1.807) is 13.3 Å². The largest absolute Gasteiger partial charge is 0.496 e. The summed E-state index contributed by atoms with van der Waals surface area (Å²) in [5, 5.41) is 0. The van der Waals surface area contributed by atoms with Crippen LogP contribution in [0, 0.1) is 20.8 Å². The molecule has 2 N–H and O–H groups in total. The van der Waals surface area contributed by atoms with Crippen LogP contribution in [0.4, 0.5) is 6.01 Å². The number of nitrogens with two attached hydrogens (primary N) is 1. The van der Waals surface area contributed by atoms with Crippen molar-refractivity contribution in [1.82, 2.24) is 4.98 Å². The molecule has 0 fully saturated rings. The first kappa shape index (κ1) is 11.5. The topological polar surface area (TPSA) is 61.3 Å². The van der Waals surface area contributed by atoms with E-state index in [4.69, 9.17) is 14.9 Å². The van der Waals surface area contributed by atoms with Crippen molar-refractivity contribution in [1.29, 1.82) is 0 Å². The van der Waals surface area contributed by atoms with E-state index in [0.29, 0.717) is 5.76 Å². The molecule has 0 radical (unpaired) electrons. The number of hydrogen-bond acceptors (Lipinski definition) is 4. The van der Waals surface area contributed by atoms with Crippen LogP contribution in [0.1, 0.15) is 16.7 Å². The Hall–Kier alpha value is -1.97. The number of nitrogen functional groups attached to an aromatic ring is 1. The number of aryl methyl sites for hydroxylation is 2. The van der Waals surface area contributed by atoms with Gasteiger partial charge in [-0.1, -0.05) is 6.07 Å². The van der Waals surface area contributed by atoms with Gasteiger partial charge in [-0.05, 0) is 37.5 Å². The molecule has 2 aromatic rings. The molecular formula is C13H16N2O2. The maximum atomic E-state index is 5.51. The highest BCUT2D eigenvalue weighted by Gasteiger charge is 2.17. The van der Waals surface area contributed by atoms with Crippen molar-refractivity contribution < 1.29 is 9.15 Å². The van der Waals surface area contributed by atoms with E-state index >= 15 is 0 Å². The minimum absolute atomic E-state index is 0.166. The van der Waals surface area contributed by atoms with Crippen molar-refractivity contribution in [3.05, 3.63) is 29.0 Å². The van der Waals surface area contributed by atoms with E-state index < -0.39 is 0 Å². The Bertz CT molecular complexity index is 559. The van der Waals surface area contributed by atoms with Gasteiger partial charge in [0.1, 0.15) is 5.75 Å². The molecule has 1 aromatic heterocycles. The first-order chi connectivity index (χ1) is 8.04. The zero-order valence-electron chi connectivity index (χ0n) is 10.5. The van der Waals surface area contributed by atoms with E-state index in [-0.39, 0.29) is 6.01 Å². The fraction of sp³-hybridized carbons (Fsp3) is 0.308. The number of aromatic nitrogens is 1. The zero-order valence-corrected chi connectivity index (χ0v) is 10.5. The zero-order chi connectivity index (χ0) is 12.6. The number of rotatable bonds is 2. The van der Waals surface area contributed by atoms with Crippen LogP contribution < -0.4 is 10.5 Å². The van der Waals surface area contributed by atoms with E-state index in [2.05, 4.69) is 18.0 Å². The molecule has 4 heteroatoms. The summed E-state index contributed by atoms with van der Waals surface area (Å²) in [6, 6.07) is 2.27. The van der Waals surface area contributed by atoms with Gasteiger partial charge in [0.15, 0.2) is 5.76 Å². The summed E-state index contributed by atoms with van der Waals surface area (Å²) >= 11 is 0. The Labute approximate surface area is 100 Å². The summed E-state index contributed by atoms with van der Waals surface area (Å²) in [6.07, 6.45) is 1.62. The third kappa shape index (κ3) is 1.86. The molecule has 0 atom stereocenters. The first-order valence-corrected chi connectivity index (χ1v) is 5.41. The van der Waals surface area contributed by atoms with Crippen molar-refractivity contribution in [2.75, 3.05) is 12.8 Å². The molecule has 0 amide bonds. The summed E-state index contributed by atoms with van der Waals surface area (Å²) < 4.78 is 10.8. The van der Waals surface area contributed by atoms with Gasteiger partial charge < -0.3 is 14.9 Å². The molecule has 0 saturated carbocycles. The lowest BCUT2D eigenvalue weighted by atomic mass is 9.98. The molecule has 4 nitrogen and oxygen atoms in total. The number of hydrogen-bond donors (Lipinski definition) is 1. The third-order valence-corrected chi connectivity index (χ3v) is 2.96. The SMILES string of the molecule is COc1c(C)c(C)cc(C)c1-c1cnc(N)o1. The normalized spacial score (nSPS) is 10.6. The maximum absolute atomic E-state index is 5.51. The van der Waals surface area contributed by atoms with Crippen LogP contribution in [-0.4, -0.2) is 12.1 Å². The van der Waals surface area contributed by atoms with Crippen LogP contribution in [0.5, 0.6) is 5.75 Å². The van der Waals surface area contributed by atoms with Crippen molar-refractivity contribution in [2.24, 2.45) is 0 Å². The predicted molar refractivity (Wildman–Crippen MR) is 67.1 cm³/mol. The molecule has 17 heavy (non-hydrogen) atoms. The highest BCUT2D eigenvalue weighted by molar-refractivity contribution is 5.72. The first-order valence-electron chi connectivity index (χ1n) is 5.41. The van der Waals surface area contributed by atoms with E-state index in [1.165, 1.54) is 5.56 Å². The van der Waals surface area contributed by atoms with Crippen LogP contribution in [-0.2, 0) is 0 Å². The Balaban J connectivity index is 2.72. The van der Waals surface area contributed by atoms with Gasteiger partial charge in [0.25, 0.3) is 6.01 Å². The highest BCUT2D eigenvalue weighted by Crippen LogP contribution is 2.38. The quantitative estimate of drug-likeness (QED) is 0.864. The van der Waals surface area contributed by atoms with E-state index in [1.807, 2.05) is 13.8 Å². The Morgan fingerprint density at radius 2 is 1.94 bits per heavy atom. The molecule has 1 aromatic carbocycles. The van der Waals surface area contributed by atoms with Crippen LogP contribution in [0.3, 0.4) is 0 Å². The minimum atomic E-state index is 0.166. The van der Waals surface area contributed by atoms with Gasteiger partial charge in [0.05, 0.1) is 18.9 Å². The molecule has 1 heterocycles. The second-order valence-corrected chi connectivity index (χ2v) is 4.11. The monoisotopic (exact) mass is 232 g/mol. The molecule has 90 valence electrons. The molecular weight excluding hydrogens is 216 g/mol. The number of nitrogens with zero attached hydrogens (tertiary/aromatic N) is 1. The van der Waals surface area contributed by atoms with Crippen LogP contribution in [0.25, 0.3) is 11.3 Å². The van der Waals surface area contributed by atoms with Crippen molar-refractivity contribution in [2.45, 2.75) is 20.8 Å². The van der Waals surface area contributed by atoms with Crippen LogP contribution in [0.2, 0.25) is 0 Å². The van der Waals surface area contributed by atoms with Gasteiger partial charge in [0, 0.05) is 0 Å². The molecule has 0 aliphatic rings. The third-order valence-electron chi connectivity index (χ3n) is 2.96. The standard InChI is InChI=1S/C13H16N2O2/c1-7-5-8(2)11(12(16-4)9(7)3)10-6-15-13(14)17-10/h5-6H,1-4H3,(H2,14,15). The van der Waals surface area contributed by atoms with Gasteiger partial charge >= 0.3 is 0 Å². The molecule has 0 spiro atoms. The number of methoxy groups -OCH3 is 1. The second-order valence-electron chi connectivity index (χ2n) is 4.11. The molecule has 2 rings (SSSR count). The number of oxazole rings is 1. The van der Waals surface area contributed by atoms with E-state index in [0.717, 1.165) is 22.4 Å². The van der Waals surface area contributed by atoms with Crippen molar-refractivity contribution in [3.63, 3.8) is 0 Å². The average molecular weight is 232 g/mol. The Morgan fingerprint density at radius 1 is 1.24 bits per heavy atom. The lowest BCUT2D eigenvalue weighted by Crippen LogP contribution is -1.96. The lowest BCUT2D eigenvalue weighted by molar-refractivity contribution is 0.411. The minimum Gasteiger partial charge on any atom is -0.496 e. The van der Waals surface area contributed by atoms with Gasteiger partial charge in [-0.25, -0.2) is 4.98 Å². The molecule has 0 bridgehead atoms. The lowest BCUT2D eigenvalue weighted by Gasteiger charge is -2.14. The van der Waals surface area contributed by atoms with Gasteiger partial charge in [0.2, 0.25) is 0 Å². The smallest absolute Gasteiger partial charge is 0.292 e. The van der Waals surface area contributed by atoms with Crippen molar-refractivity contribution >= 4 is 6.01 Å². The van der Waals surface area contributed by atoms with Gasteiger partial charge in [-0.2, -0.15) is 0 Å². The fourth-order valence-electron chi connectivity index (χ4n) is 2.02. The maximum Gasteiger partial charge on any atom is 0.292 e.